The van der Waals surface area contributed by atoms with Crippen LogP contribution in [-0.4, -0.2) is 15.3 Å². The minimum atomic E-state index is -0.211. The third kappa shape index (κ3) is 3.66. The summed E-state index contributed by atoms with van der Waals surface area (Å²) in [5.41, 5.74) is 3.64. The van der Waals surface area contributed by atoms with Gasteiger partial charge in [0.1, 0.15) is 5.65 Å². The normalized spacial score (nSPS) is 14.6. The van der Waals surface area contributed by atoms with E-state index < -0.39 is 0 Å². The Bertz CT molecular complexity index is 1130. The van der Waals surface area contributed by atoms with Crippen LogP contribution in [0.25, 0.3) is 5.65 Å². The SMILES string of the molecule is O=C(NC1(c2ccccc2)CC1)c1ccccc1SCc1cn2ccccc2n1. The molecule has 2 aromatic carbocycles. The van der Waals surface area contributed by atoms with Crippen LogP contribution in [0.5, 0.6) is 0 Å². The van der Waals surface area contributed by atoms with E-state index in [0.29, 0.717) is 0 Å². The van der Waals surface area contributed by atoms with Crippen molar-refractivity contribution in [1.82, 2.24) is 14.7 Å². The smallest absolute Gasteiger partial charge is 0.253 e. The van der Waals surface area contributed by atoms with Gasteiger partial charge in [-0.15, -0.1) is 11.8 Å². The molecule has 2 heterocycles. The predicted octanol–water partition coefficient (Wildman–Crippen LogP) is 5.05. The Balaban J connectivity index is 1.33. The van der Waals surface area contributed by atoms with Gasteiger partial charge in [0.05, 0.1) is 16.8 Å². The third-order valence-corrected chi connectivity index (χ3v) is 6.46. The number of aromatic nitrogens is 2. The van der Waals surface area contributed by atoms with E-state index >= 15 is 0 Å². The maximum atomic E-state index is 13.1. The molecule has 1 N–H and O–H groups in total. The Morgan fingerprint density at radius 3 is 2.55 bits per heavy atom. The minimum Gasteiger partial charge on any atom is -0.342 e. The van der Waals surface area contributed by atoms with Gasteiger partial charge in [-0.1, -0.05) is 48.5 Å². The first-order chi connectivity index (χ1) is 14.2. The molecule has 4 nitrogen and oxygen atoms in total. The highest BCUT2D eigenvalue weighted by Gasteiger charge is 2.45. The Kier molecular flexibility index (Phi) is 4.60. The van der Waals surface area contributed by atoms with Crippen molar-refractivity contribution in [3.05, 3.63) is 102 Å². The van der Waals surface area contributed by atoms with Crippen LogP contribution in [0.15, 0.2) is 90.1 Å². The number of carbonyl (C=O) groups is 1. The maximum Gasteiger partial charge on any atom is 0.253 e. The molecule has 0 unspecified atom stereocenters. The quantitative estimate of drug-likeness (QED) is 0.462. The summed E-state index contributed by atoms with van der Waals surface area (Å²) in [4.78, 5) is 18.7. The van der Waals surface area contributed by atoms with E-state index in [1.54, 1.807) is 11.8 Å². The number of thioether (sulfide) groups is 1. The summed E-state index contributed by atoms with van der Waals surface area (Å²) in [7, 11) is 0. The van der Waals surface area contributed by atoms with E-state index in [0.717, 1.165) is 40.4 Å². The molecule has 0 atom stereocenters. The molecule has 2 aromatic heterocycles. The average Bonchev–Trinajstić information content (AvgIpc) is 3.42. The fraction of sp³-hybridized carbons (Fsp3) is 0.167. The highest BCUT2D eigenvalue weighted by molar-refractivity contribution is 7.98. The van der Waals surface area contributed by atoms with Crippen LogP contribution in [0.1, 0.15) is 34.5 Å². The molecule has 0 spiro atoms. The molecular formula is C24H21N3OS. The van der Waals surface area contributed by atoms with Crippen molar-refractivity contribution >= 4 is 23.3 Å². The molecule has 5 rings (SSSR count). The van der Waals surface area contributed by atoms with E-state index in [1.165, 1.54) is 5.56 Å². The number of nitrogens with one attached hydrogen (secondary N) is 1. The number of rotatable bonds is 6. The van der Waals surface area contributed by atoms with Gasteiger partial charge in [0, 0.05) is 23.0 Å². The number of amides is 1. The molecular weight excluding hydrogens is 378 g/mol. The molecule has 0 saturated heterocycles. The van der Waals surface area contributed by atoms with Gasteiger partial charge in [-0.2, -0.15) is 0 Å². The van der Waals surface area contributed by atoms with Gasteiger partial charge in [0.15, 0.2) is 0 Å². The molecule has 0 aliphatic heterocycles. The molecule has 144 valence electrons. The second-order valence-corrected chi connectivity index (χ2v) is 8.40. The zero-order valence-electron chi connectivity index (χ0n) is 15.9. The molecule has 0 bridgehead atoms. The zero-order chi connectivity index (χ0) is 19.7. The van der Waals surface area contributed by atoms with Crippen molar-refractivity contribution in [3.63, 3.8) is 0 Å². The van der Waals surface area contributed by atoms with E-state index in [9.17, 15) is 4.79 Å². The molecule has 29 heavy (non-hydrogen) atoms. The summed E-state index contributed by atoms with van der Waals surface area (Å²) in [6.07, 6.45) is 6.01. The van der Waals surface area contributed by atoms with Gasteiger partial charge in [-0.3, -0.25) is 4.79 Å². The third-order valence-electron chi connectivity index (χ3n) is 5.35. The number of carbonyl (C=O) groups excluding carboxylic acids is 1. The molecule has 1 saturated carbocycles. The van der Waals surface area contributed by atoms with Crippen LogP contribution >= 0.6 is 11.8 Å². The van der Waals surface area contributed by atoms with Gasteiger partial charge in [-0.05, 0) is 42.7 Å². The van der Waals surface area contributed by atoms with Crippen molar-refractivity contribution in [2.45, 2.75) is 29.0 Å². The highest BCUT2D eigenvalue weighted by atomic mass is 32.2. The minimum absolute atomic E-state index is 0.00976. The van der Waals surface area contributed by atoms with Crippen molar-refractivity contribution < 1.29 is 4.79 Å². The molecule has 0 radical (unpaired) electrons. The Morgan fingerprint density at radius 2 is 1.76 bits per heavy atom. The van der Waals surface area contributed by atoms with Gasteiger partial charge in [-0.25, -0.2) is 4.98 Å². The van der Waals surface area contributed by atoms with Gasteiger partial charge >= 0.3 is 0 Å². The van der Waals surface area contributed by atoms with Crippen LogP contribution in [0.2, 0.25) is 0 Å². The Labute approximate surface area is 174 Å². The summed E-state index contributed by atoms with van der Waals surface area (Å²) >= 11 is 1.65. The Morgan fingerprint density at radius 1 is 1.00 bits per heavy atom. The predicted molar refractivity (Wildman–Crippen MR) is 116 cm³/mol. The topological polar surface area (TPSA) is 46.4 Å². The first kappa shape index (κ1) is 18.0. The van der Waals surface area contributed by atoms with Crippen LogP contribution in [0, 0.1) is 0 Å². The molecule has 1 aliphatic rings. The monoisotopic (exact) mass is 399 g/mol. The lowest BCUT2D eigenvalue weighted by atomic mass is 10.0. The van der Waals surface area contributed by atoms with Gasteiger partial charge in [0.25, 0.3) is 5.91 Å². The fourth-order valence-corrected chi connectivity index (χ4v) is 4.57. The van der Waals surface area contributed by atoms with Crippen LogP contribution in [0.3, 0.4) is 0 Å². The molecule has 1 aliphatic carbocycles. The number of fused-ring (bicyclic) bond motifs is 1. The first-order valence-electron chi connectivity index (χ1n) is 9.76. The number of nitrogens with zero attached hydrogens (tertiary/aromatic N) is 2. The van der Waals surface area contributed by atoms with Gasteiger partial charge in [0.2, 0.25) is 0 Å². The van der Waals surface area contributed by atoms with E-state index in [2.05, 4.69) is 22.4 Å². The second-order valence-electron chi connectivity index (χ2n) is 7.39. The van der Waals surface area contributed by atoms with Crippen LogP contribution in [-0.2, 0) is 11.3 Å². The number of pyridine rings is 1. The highest BCUT2D eigenvalue weighted by Crippen LogP contribution is 2.45. The summed E-state index contributed by atoms with van der Waals surface area (Å²) in [5.74, 6) is 0.708. The number of imidazole rings is 1. The fourth-order valence-electron chi connectivity index (χ4n) is 3.64. The van der Waals surface area contributed by atoms with Gasteiger partial charge < -0.3 is 9.72 Å². The molecule has 4 aromatic rings. The van der Waals surface area contributed by atoms with Crippen molar-refractivity contribution in [2.75, 3.05) is 0 Å². The average molecular weight is 400 g/mol. The Hall–Kier alpha value is -3.05. The lowest BCUT2D eigenvalue weighted by Crippen LogP contribution is -2.35. The van der Waals surface area contributed by atoms with E-state index in [-0.39, 0.29) is 11.4 Å². The molecule has 1 fully saturated rings. The van der Waals surface area contributed by atoms with Crippen molar-refractivity contribution in [2.24, 2.45) is 0 Å². The zero-order valence-corrected chi connectivity index (χ0v) is 16.7. The van der Waals surface area contributed by atoms with Crippen LogP contribution in [0.4, 0.5) is 0 Å². The summed E-state index contributed by atoms with van der Waals surface area (Å²) in [6.45, 7) is 0. The van der Waals surface area contributed by atoms with Crippen LogP contribution < -0.4 is 5.32 Å². The lowest BCUT2D eigenvalue weighted by molar-refractivity contribution is 0.0928. The second kappa shape index (κ2) is 7.41. The summed E-state index contributed by atoms with van der Waals surface area (Å²) in [6, 6.07) is 24.0. The number of benzene rings is 2. The van der Waals surface area contributed by atoms with Crippen molar-refractivity contribution in [1.29, 1.82) is 0 Å². The maximum absolute atomic E-state index is 13.1. The lowest BCUT2D eigenvalue weighted by Gasteiger charge is -2.19. The largest absolute Gasteiger partial charge is 0.342 e. The van der Waals surface area contributed by atoms with Crippen molar-refractivity contribution in [3.8, 4) is 0 Å². The molecule has 1 amide bonds. The van der Waals surface area contributed by atoms with E-state index in [1.807, 2.05) is 77.5 Å². The first-order valence-corrected chi connectivity index (χ1v) is 10.7. The number of hydrogen-bond donors (Lipinski definition) is 1. The number of hydrogen-bond acceptors (Lipinski definition) is 3. The summed E-state index contributed by atoms with van der Waals surface area (Å²) < 4.78 is 2.02. The standard InChI is InChI=1S/C24H21N3OS/c28-23(26-24(13-14-24)18-8-2-1-3-9-18)20-10-4-5-11-21(20)29-17-19-16-27-15-7-6-12-22(27)25-19/h1-12,15-16H,13-14,17H2,(H,26,28). The molecule has 5 heteroatoms. The van der Waals surface area contributed by atoms with E-state index in [4.69, 9.17) is 0 Å². The summed E-state index contributed by atoms with van der Waals surface area (Å²) in [5, 5.41) is 3.29.